The molecule has 38 heavy (non-hydrogen) atoms. The molecule has 0 aliphatic carbocycles. The molecule has 0 bridgehead atoms. The van der Waals surface area contributed by atoms with E-state index in [0.29, 0.717) is 16.9 Å². The molecule has 2 aromatic carbocycles. The Bertz CT molecular complexity index is 1350. The minimum Gasteiger partial charge on any atom is -0.480 e. The first kappa shape index (κ1) is 29.0. The van der Waals surface area contributed by atoms with Crippen molar-refractivity contribution in [2.45, 2.75) is 69.1 Å². The van der Waals surface area contributed by atoms with Crippen LogP contribution < -0.4 is 5.69 Å². The lowest BCUT2D eigenvalue weighted by Crippen LogP contribution is -2.31. The topological polar surface area (TPSA) is 103 Å². The summed E-state index contributed by atoms with van der Waals surface area (Å²) in [6.07, 6.45) is -7.46. The number of ether oxygens (including phenoxy) is 1. The number of aliphatic carboxylic acids is 1. The lowest BCUT2D eigenvalue weighted by atomic mass is 10.1. The first-order valence-corrected chi connectivity index (χ1v) is 12.6. The first-order chi connectivity index (χ1) is 17.7. The van der Waals surface area contributed by atoms with Gasteiger partial charge in [-0.1, -0.05) is 36.8 Å². The van der Waals surface area contributed by atoms with Crippen LogP contribution in [-0.2, 0) is 22.6 Å². The van der Waals surface area contributed by atoms with Crippen molar-refractivity contribution in [3.8, 4) is 0 Å². The molecule has 0 unspecified atom stereocenters. The SMILES string of the molecule is CCCn1c([C@H](OC(=O)c2ccc(SC(C)(C)C(=O)O)cc2)C(F)(F)F)nn(Cc2ccc(C)cc2)c1=O. The smallest absolute Gasteiger partial charge is 0.433 e. The van der Waals surface area contributed by atoms with Crippen LogP contribution in [0, 0.1) is 6.92 Å². The number of halogens is 3. The van der Waals surface area contributed by atoms with Gasteiger partial charge < -0.3 is 9.84 Å². The summed E-state index contributed by atoms with van der Waals surface area (Å²) < 4.78 is 48.0. The average Bonchev–Trinajstić information content (AvgIpc) is 3.13. The molecule has 0 amide bonds. The molecule has 1 N–H and O–H groups in total. The number of thioether (sulfide) groups is 1. The maximum absolute atomic E-state index is 14.1. The van der Waals surface area contributed by atoms with Crippen LogP contribution in [0.2, 0.25) is 0 Å². The van der Waals surface area contributed by atoms with Crippen molar-refractivity contribution in [2.75, 3.05) is 0 Å². The Morgan fingerprint density at radius 3 is 2.21 bits per heavy atom. The molecule has 0 aliphatic rings. The van der Waals surface area contributed by atoms with Gasteiger partial charge in [0.1, 0.15) is 4.75 Å². The zero-order valence-electron chi connectivity index (χ0n) is 21.3. The number of benzene rings is 2. The summed E-state index contributed by atoms with van der Waals surface area (Å²) in [6.45, 7) is 6.50. The third kappa shape index (κ3) is 6.85. The Morgan fingerprint density at radius 2 is 1.68 bits per heavy atom. The van der Waals surface area contributed by atoms with Crippen LogP contribution >= 0.6 is 11.8 Å². The van der Waals surface area contributed by atoms with Crippen LogP contribution in [0.1, 0.15) is 60.6 Å². The summed E-state index contributed by atoms with van der Waals surface area (Å²) >= 11 is 1.02. The van der Waals surface area contributed by atoms with Gasteiger partial charge in [-0.3, -0.25) is 9.36 Å². The number of nitrogens with zero attached hydrogens (tertiary/aromatic N) is 3. The number of carboxylic acids is 1. The van der Waals surface area contributed by atoms with Gasteiger partial charge in [0.05, 0.1) is 12.1 Å². The predicted molar refractivity (Wildman–Crippen MR) is 135 cm³/mol. The Labute approximate surface area is 221 Å². The molecule has 1 atom stereocenters. The van der Waals surface area contributed by atoms with E-state index in [1.807, 2.05) is 19.1 Å². The van der Waals surface area contributed by atoms with E-state index in [1.165, 1.54) is 38.1 Å². The van der Waals surface area contributed by atoms with E-state index in [4.69, 9.17) is 4.74 Å². The van der Waals surface area contributed by atoms with Crippen molar-refractivity contribution in [2.24, 2.45) is 0 Å². The van der Waals surface area contributed by atoms with Gasteiger partial charge in [-0.05, 0) is 57.0 Å². The zero-order chi connectivity index (χ0) is 28.3. The maximum Gasteiger partial charge on any atom is 0.433 e. The number of alkyl halides is 3. The normalized spacial score (nSPS) is 12.8. The van der Waals surface area contributed by atoms with E-state index >= 15 is 0 Å². The summed E-state index contributed by atoms with van der Waals surface area (Å²) in [4.78, 5) is 37.5. The Morgan fingerprint density at radius 1 is 1.08 bits per heavy atom. The van der Waals surface area contributed by atoms with E-state index in [2.05, 4.69) is 5.10 Å². The number of carbonyl (C=O) groups is 2. The number of rotatable bonds is 10. The summed E-state index contributed by atoms with van der Waals surface area (Å²) in [5.41, 5.74) is 0.755. The third-order valence-corrected chi connectivity index (χ3v) is 6.78. The fourth-order valence-corrected chi connectivity index (χ4v) is 4.44. The highest BCUT2D eigenvalue weighted by Gasteiger charge is 2.48. The van der Waals surface area contributed by atoms with E-state index in [0.717, 1.165) is 26.6 Å². The fourth-order valence-electron chi connectivity index (χ4n) is 3.49. The van der Waals surface area contributed by atoms with Gasteiger partial charge >= 0.3 is 23.8 Å². The number of esters is 1. The summed E-state index contributed by atoms with van der Waals surface area (Å²) in [5.74, 6) is -3.01. The number of carbonyl (C=O) groups excluding carboxylic acids is 1. The summed E-state index contributed by atoms with van der Waals surface area (Å²) in [7, 11) is 0. The lowest BCUT2D eigenvalue weighted by molar-refractivity contribution is -0.210. The van der Waals surface area contributed by atoms with Crippen LogP contribution in [0.5, 0.6) is 0 Å². The number of carboxylic acid groups (broad SMARTS) is 1. The Hall–Kier alpha value is -3.54. The summed E-state index contributed by atoms with van der Waals surface area (Å²) in [5, 5.41) is 13.2. The molecule has 12 heteroatoms. The number of aryl methyl sites for hydroxylation is 1. The predicted octanol–water partition coefficient (Wildman–Crippen LogP) is 5.23. The molecule has 8 nitrogen and oxygen atoms in total. The summed E-state index contributed by atoms with van der Waals surface area (Å²) in [6, 6.07) is 12.5. The molecule has 0 saturated carbocycles. The van der Waals surface area contributed by atoms with Gasteiger partial charge in [0.25, 0.3) is 6.10 Å². The van der Waals surface area contributed by atoms with Crippen LogP contribution in [0.25, 0.3) is 0 Å². The van der Waals surface area contributed by atoms with Gasteiger partial charge in [0.15, 0.2) is 5.82 Å². The highest BCUT2D eigenvalue weighted by Crippen LogP contribution is 2.36. The molecule has 3 rings (SSSR count). The Kier molecular flexibility index (Phi) is 8.75. The minimum absolute atomic E-state index is 0.0442. The molecular formula is C26H28F3N3O5S. The monoisotopic (exact) mass is 551 g/mol. The van der Waals surface area contributed by atoms with E-state index in [-0.39, 0.29) is 18.7 Å². The molecule has 0 saturated heterocycles. The van der Waals surface area contributed by atoms with Crippen molar-refractivity contribution in [1.29, 1.82) is 0 Å². The number of aromatic nitrogens is 3. The molecule has 0 spiro atoms. The van der Waals surface area contributed by atoms with E-state index < -0.39 is 40.5 Å². The largest absolute Gasteiger partial charge is 0.480 e. The maximum atomic E-state index is 14.1. The molecule has 204 valence electrons. The second-order valence-electron chi connectivity index (χ2n) is 9.20. The minimum atomic E-state index is -5.04. The lowest BCUT2D eigenvalue weighted by Gasteiger charge is -2.21. The van der Waals surface area contributed by atoms with E-state index in [9.17, 15) is 32.7 Å². The van der Waals surface area contributed by atoms with Gasteiger partial charge in [0.2, 0.25) is 0 Å². The van der Waals surface area contributed by atoms with Crippen molar-refractivity contribution in [3.63, 3.8) is 0 Å². The molecular weight excluding hydrogens is 523 g/mol. The van der Waals surface area contributed by atoms with Gasteiger partial charge in [0, 0.05) is 11.4 Å². The zero-order valence-corrected chi connectivity index (χ0v) is 22.1. The average molecular weight is 552 g/mol. The molecule has 1 aromatic heterocycles. The Balaban J connectivity index is 1.90. The van der Waals surface area contributed by atoms with Crippen LogP contribution in [0.15, 0.2) is 58.2 Å². The van der Waals surface area contributed by atoms with Crippen molar-refractivity contribution in [3.05, 3.63) is 81.5 Å². The second-order valence-corrected chi connectivity index (χ2v) is 10.9. The molecule has 0 radical (unpaired) electrons. The fraction of sp³-hybridized carbons (Fsp3) is 0.385. The first-order valence-electron chi connectivity index (χ1n) is 11.8. The second kappa shape index (κ2) is 11.5. The highest BCUT2D eigenvalue weighted by atomic mass is 32.2. The van der Waals surface area contributed by atoms with Crippen LogP contribution in [-0.4, -0.2) is 42.3 Å². The van der Waals surface area contributed by atoms with Gasteiger partial charge in [-0.15, -0.1) is 11.8 Å². The number of hydrogen-bond acceptors (Lipinski definition) is 6. The van der Waals surface area contributed by atoms with Crippen molar-refractivity contribution >= 4 is 23.7 Å². The van der Waals surface area contributed by atoms with Gasteiger partial charge in [-0.2, -0.15) is 18.3 Å². The molecule has 3 aromatic rings. The van der Waals surface area contributed by atoms with Gasteiger partial charge in [-0.25, -0.2) is 14.3 Å². The molecule has 0 aliphatic heterocycles. The van der Waals surface area contributed by atoms with Crippen molar-refractivity contribution in [1.82, 2.24) is 14.3 Å². The quantitative estimate of drug-likeness (QED) is 0.272. The van der Waals surface area contributed by atoms with Crippen LogP contribution in [0.4, 0.5) is 13.2 Å². The number of hydrogen-bond donors (Lipinski definition) is 1. The van der Waals surface area contributed by atoms with Crippen LogP contribution in [0.3, 0.4) is 0 Å². The standard InChI is InChI=1S/C26H28F3N3O5S/c1-5-14-31-21(30-32(24(31)36)15-17-8-6-16(2)7-9-17)20(26(27,28)29)37-22(33)18-10-12-19(13-11-18)38-25(3,4)23(34)35/h6-13,20H,5,14-15H2,1-4H3,(H,34,35)/t20-/m0/s1. The van der Waals surface area contributed by atoms with E-state index in [1.54, 1.807) is 19.1 Å². The molecule has 0 fully saturated rings. The van der Waals surface area contributed by atoms with Crippen molar-refractivity contribution < 1.29 is 32.6 Å². The highest BCUT2D eigenvalue weighted by molar-refractivity contribution is 8.01. The third-order valence-electron chi connectivity index (χ3n) is 5.59. The molecule has 1 heterocycles.